The van der Waals surface area contributed by atoms with Gasteiger partial charge in [0.1, 0.15) is 5.92 Å². The van der Waals surface area contributed by atoms with Crippen LogP contribution < -0.4 is 0 Å². The molecular formula is C10H12O4. The van der Waals surface area contributed by atoms with Crippen molar-refractivity contribution in [2.75, 3.05) is 0 Å². The minimum absolute atomic E-state index is 0.0515. The molecule has 0 radical (unpaired) electrons. The average molecular weight is 196 g/mol. The van der Waals surface area contributed by atoms with Crippen LogP contribution in [-0.2, 0) is 19.2 Å². The Hall–Kier alpha value is -1.32. The number of rotatable bonds is 3. The molecule has 0 heterocycles. The van der Waals surface area contributed by atoms with Crippen molar-refractivity contribution >= 4 is 23.1 Å². The lowest BCUT2D eigenvalue weighted by Gasteiger charge is -2.16. The Morgan fingerprint density at radius 3 is 2.14 bits per heavy atom. The van der Waals surface area contributed by atoms with Gasteiger partial charge in [-0.05, 0) is 6.42 Å². The summed E-state index contributed by atoms with van der Waals surface area (Å²) in [5.41, 5.74) is 0. The van der Waals surface area contributed by atoms with Crippen LogP contribution in [0.3, 0.4) is 0 Å². The van der Waals surface area contributed by atoms with E-state index in [4.69, 9.17) is 0 Å². The van der Waals surface area contributed by atoms with Crippen LogP contribution in [0.4, 0.5) is 0 Å². The van der Waals surface area contributed by atoms with Gasteiger partial charge in [0.2, 0.25) is 5.78 Å². The second-order valence-corrected chi connectivity index (χ2v) is 3.36. The molecule has 0 amide bonds. The van der Waals surface area contributed by atoms with E-state index >= 15 is 0 Å². The van der Waals surface area contributed by atoms with E-state index in [1.54, 1.807) is 0 Å². The van der Waals surface area contributed by atoms with Gasteiger partial charge >= 0.3 is 0 Å². The topological polar surface area (TPSA) is 68.3 Å². The maximum absolute atomic E-state index is 11.4. The lowest BCUT2D eigenvalue weighted by molar-refractivity contribution is -0.147. The SMILES string of the molecule is CCC(=O)C(=O)C1C(=O)CCCC1=O. The molecule has 0 spiro atoms. The van der Waals surface area contributed by atoms with E-state index in [1.807, 2.05) is 0 Å². The third-order valence-electron chi connectivity index (χ3n) is 2.35. The number of ketones is 4. The Morgan fingerprint density at radius 1 is 1.21 bits per heavy atom. The lowest BCUT2D eigenvalue weighted by Crippen LogP contribution is -2.38. The number of hydrogen-bond donors (Lipinski definition) is 0. The predicted octanol–water partition coefficient (Wildman–Crippen LogP) is 0.473. The van der Waals surface area contributed by atoms with Gasteiger partial charge in [0.15, 0.2) is 17.3 Å². The standard InChI is InChI=1S/C10H12O4/c1-2-6(11)10(14)9-7(12)4-3-5-8(9)13/h9H,2-5H2,1H3. The molecule has 4 nitrogen and oxygen atoms in total. The molecule has 0 atom stereocenters. The van der Waals surface area contributed by atoms with Crippen molar-refractivity contribution in [2.24, 2.45) is 5.92 Å². The molecule has 0 unspecified atom stereocenters. The van der Waals surface area contributed by atoms with E-state index in [0.29, 0.717) is 6.42 Å². The third-order valence-corrected chi connectivity index (χ3v) is 2.35. The van der Waals surface area contributed by atoms with Crippen LogP contribution in [0.25, 0.3) is 0 Å². The van der Waals surface area contributed by atoms with Crippen LogP contribution in [0.15, 0.2) is 0 Å². The molecular weight excluding hydrogens is 184 g/mol. The number of carbonyl (C=O) groups excluding carboxylic acids is 4. The maximum atomic E-state index is 11.4. The highest BCUT2D eigenvalue weighted by molar-refractivity contribution is 6.46. The second-order valence-electron chi connectivity index (χ2n) is 3.36. The summed E-state index contributed by atoms with van der Waals surface area (Å²) in [4.78, 5) is 45.0. The summed E-state index contributed by atoms with van der Waals surface area (Å²) in [6, 6.07) is 0. The molecule has 1 aliphatic carbocycles. The zero-order valence-corrected chi connectivity index (χ0v) is 8.04. The fourth-order valence-corrected chi connectivity index (χ4v) is 1.53. The summed E-state index contributed by atoms with van der Waals surface area (Å²) in [7, 11) is 0. The Morgan fingerprint density at radius 2 is 1.71 bits per heavy atom. The first kappa shape index (κ1) is 10.8. The summed E-state index contributed by atoms with van der Waals surface area (Å²) in [6.45, 7) is 1.54. The zero-order chi connectivity index (χ0) is 10.7. The van der Waals surface area contributed by atoms with Crippen molar-refractivity contribution in [3.05, 3.63) is 0 Å². The molecule has 1 fully saturated rings. The molecule has 0 N–H and O–H groups in total. The van der Waals surface area contributed by atoms with Gasteiger partial charge in [-0.2, -0.15) is 0 Å². The van der Waals surface area contributed by atoms with Crippen LogP contribution >= 0.6 is 0 Å². The first-order chi connectivity index (χ1) is 6.57. The quantitative estimate of drug-likeness (QED) is 0.486. The van der Waals surface area contributed by atoms with Crippen LogP contribution in [0.2, 0.25) is 0 Å². The Kier molecular flexibility index (Phi) is 3.28. The number of hydrogen-bond acceptors (Lipinski definition) is 4. The zero-order valence-electron chi connectivity index (χ0n) is 8.04. The van der Waals surface area contributed by atoms with E-state index in [0.717, 1.165) is 0 Å². The monoisotopic (exact) mass is 196 g/mol. The van der Waals surface area contributed by atoms with Crippen molar-refractivity contribution in [3.63, 3.8) is 0 Å². The average Bonchev–Trinajstić information content (AvgIpc) is 2.16. The molecule has 1 rings (SSSR count). The molecule has 0 saturated heterocycles. The van der Waals surface area contributed by atoms with E-state index < -0.39 is 29.1 Å². The van der Waals surface area contributed by atoms with Gasteiger partial charge in [-0.25, -0.2) is 0 Å². The molecule has 4 heteroatoms. The Bertz CT molecular complexity index is 287. The minimum atomic E-state index is -1.28. The summed E-state index contributed by atoms with van der Waals surface area (Å²) in [5.74, 6) is -3.52. The van der Waals surface area contributed by atoms with Gasteiger partial charge in [0.25, 0.3) is 0 Å². The van der Waals surface area contributed by atoms with Gasteiger partial charge in [-0.3, -0.25) is 19.2 Å². The molecule has 1 saturated carbocycles. The largest absolute Gasteiger partial charge is 0.298 e. The van der Waals surface area contributed by atoms with E-state index in [9.17, 15) is 19.2 Å². The highest BCUT2D eigenvalue weighted by atomic mass is 16.2. The van der Waals surface area contributed by atoms with Gasteiger partial charge in [-0.1, -0.05) is 6.92 Å². The van der Waals surface area contributed by atoms with E-state index in [-0.39, 0.29) is 19.3 Å². The summed E-state index contributed by atoms with van der Waals surface area (Å²) < 4.78 is 0. The first-order valence-corrected chi connectivity index (χ1v) is 4.70. The normalized spacial score (nSPS) is 18.4. The summed E-state index contributed by atoms with van der Waals surface area (Å²) in [5, 5.41) is 0. The highest BCUT2D eigenvalue weighted by Crippen LogP contribution is 2.18. The summed E-state index contributed by atoms with van der Waals surface area (Å²) in [6.07, 6.45) is 1.02. The molecule has 0 bridgehead atoms. The van der Waals surface area contributed by atoms with Crippen molar-refractivity contribution < 1.29 is 19.2 Å². The third kappa shape index (κ3) is 1.95. The molecule has 0 aromatic carbocycles. The number of Topliss-reactive ketones (excluding diaryl/α,β-unsaturated/α-hetero) is 4. The summed E-state index contributed by atoms with van der Waals surface area (Å²) >= 11 is 0. The molecule has 0 aromatic rings. The second kappa shape index (κ2) is 4.26. The van der Waals surface area contributed by atoms with E-state index in [2.05, 4.69) is 0 Å². The van der Waals surface area contributed by atoms with Gasteiger partial charge < -0.3 is 0 Å². The molecule has 0 aromatic heterocycles. The first-order valence-electron chi connectivity index (χ1n) is 4.70. The fraction of sp³-hybridized carbons (Fsp3) is 0.600. The Labute approximate surface area is 81.7 Å². The van der Waals surface area contributed by atoms with Gasteiger partial charge in [-0.15, -0.1) is 0 Å². The van der Waals surface area contributed by atoms with Crippen LogP contribution in [0.5, 0.6) is 0 Å². The van der Waals surface area contributed by atoms with Crippen molar-refractivity contribution in [1.29, 1.82) is 0 Å². The van der Waals surface area contributed by atoms with Gasteiger partial charge in [0, 0.05) is 19.3 Å². The molecule has 0 aliphatic heterocycles. The van der Waals surface area contributed by atoms with Crippen LogP contribution in [0.1, 0.15) is 32.6 Å². The van der Waals surface area contributed by atoms with E-state index in [1.165, 1.54) is 6.92 Å². The van der Waals surface area contributed by atoms with Crippen LogP contribution in [-0.4, -0.2) is 23.1 Å². The molecule has 14 heavy (non-hydrogen) atoms. The van der Waals surface area contributed by atoms with Crippen LogP contribution in [0, 0.1) is 5.92 Å². The lowest BCUT2D eigenvalue weighted by atomic mass is 9.82. The van der Waals surface area contributed by atoms with Crippen molar-refractivity contribution in [1.82, 2.24) is 0 Å². The molecule has 76 valence electrons. The van der Waals surface area contributed by atoms with Gasteiger partial charge in [0.05, 0.1) is 0 Å². The van der Waals surface area contributed by atoms with Crippen molar-refractivity contribution in [3.8, 4) is 0 Å². The minimum Gasteiger partial charge on any atom is -0.298 e. The number of carbonyl (C=O) groups is 4. The maximum Gasteiger partial charge on any atom is 0.216 e. The van der Waals surface area contributed by atoms with Crippen molar-refractivity contribution in [2.45, 2.75) is 32.6 Å². The fourth-order valence-electron chi connectivity index (χ4n) is 1.53. The molecule has 1 aliphatic rings. The smallest absolute Gasteiger partial charge is 0.216 e. The Balaban J connectivity index is 2.83. The predicted molar refractivity (Wildman–Crippen MR) is 47.7 cm³/mol. The highest BCUT2D eigenvalue weighted by Gasteiger charge is 2.38.